The van der Waals surface area contributed by atoms with Crippen molar-refractivity contribution in [3.05, 3.63) is 63.6 Å². The van der Waals surface area contributed by atoms with Gasteiger partial charge in [0.05, 0.1) is 0 Å². The van der Waals surface area contributed by atoms with Crippen molar-refractivity contribution in [3.63, 3.8) is 0 Å². The van der Waals surface area contributed by atoms with Crippen molar-refractivity contribution in [2.24, 2.45) is 0 Å². The van der Waals surface area contributed by atoms with Crippen molar-refractivity contribution in [1.82, 2.24) is 5.32 Å². The molecule has 0 amide bonds. The number of rotatable bonds is 6. The molecular weight excluding hydrogens is 330 g/mol. The number of thioether (sulfide) groups is 1. The summed E-state index contributed by atoms with van der Waals surface area (Å²) in [5.41, 5.74) is 4.08. The summed E-state index contributed by atoms with van der Waals surface area (Å²) < 4.78 is 1.19. The molecular formula is C17H20BrNS. The van der Waals surface area contributed by atoms with E-state index in [1.54, 1.807) is 0 Å². The molecule has 0 saturated heterocycles. The Morgan fingerprint density at radius 2 is 1.95 bits per heavy atom. The van der Waals surface area contributed by atoms with Gasteiger partial charge in [-0.05, 0) is 58.2 Å². The van der Waals surface area contributed by atoms with Crippen LogP contribution in [0, 0.1) is 6.92 Å². The predicted molar refractivity (Wildman–Crippen MR) is 92.3 cm³/mol. The Labute approximate surface area is 134 Å². The Kier molecular flexibility index (Phi) is 6.14. The number of aryl methyl sites for hydroxylation is 1. The van der Waals surface area contributed by atoms with Gasteiger partial charge in [-0.2, -0.15) is 0 Å². The van der Waals surface area contributed by atoms with Crippen LogP contribution in [0.2, 0.25) is 0 Å². The first-order chi connectivity index (χ1) is 9.70. The molecule has 106 valence electrons. The minimum absolute atomic E-state index is 0.928. The average Bonchev–Trinajstić information content (AvgIpc) is 2.45. The Balaban J connectivity index is 2.01. The van der Waals surface area contributed by atoms with Crippen LogP contribution in [0.5, 0.6) is 0 Å². The van der Waals surface area contributed by atoms with Gasteiger partial charge in [-0.15, -0.1) is 11.8 Å². The molecule has 0 bridgehead atoms. The normalized spacial score (nSPS) is 10.8. The molecule has 0 spiro atoms. The van der Waals surface area contributed by atoms with E-state index in [0.717, 1.165) is 18.8 Å². The van der Waals surface area contributed by atoms with Crippen molar-refractivity contribution in [2.75, 3.05) is 6.54 Å². The Bertz CT molecular complexity index is 569. The van der Waals surface area contributed by atoms with Gasteiger partial charge in [0, 0.05) is 21.7 Å². The highest BCUT2D eigenvalue weighted by atomic mass is 79.9. The molecule has 0 aliphatic carbocycles. The molecule has 0 fully saturated rings. The second-order valence-corrected chi connectivity index (χ2v) is 6.63. The molecule has 1 N–H and O–H groups in total. The standard InChI is InChI=1S/C17H20BrNS/c1-3-19-11-14-8-9-17(16(18)10-14)20-12-15-7-5-4-6-13(15)2/h4-10,19H,3,11-12H2,1-2H3. The minimum atomic E-state index is 0.928. The third kappa shape index (κ3) is 4.37. The second kappa shape index (κ2) is 7.87. The topological polar surface area (TPSA) is 12.0 Å². The molecule has 1 nitrogen and oxygen atoms in total. The van der Waals surface area contributed by atoms with E-state index in [0.29, 0.717) is 0 Å². The number of benzene rings is 2. The maximum atomic E-state index is 3.68. The summed E-state index contributed by atoms with van der Waals surface area (Å²) in [6, 6.07) is 15.2. The van der Waals surface area contributed by atoms with Crippen LogP contribution in [0.4, 0.5) is 0 Å². The van der Waals surface area contributed by atoms with Crippen LogP contribution >= 0.6 is 27.7 Å². The van der Waals surface area contributed by atoms with E-state index < -0.39 is 0 Å². The van der Waals surface area contributed by atoms with Gasteiger partial charge in [-0.1, -0.05) is 37.3 Å². The molecule has 0 saturated carbocycles. The highest BCUT2D eigenvalue weighted by molar-refractivity contribution is 9.10. The fourth-order valence-corrected chi connectivity index (χ4v) is 3.73. The van der Waals surface area contributed by atoms with Gasteiger partial charge in [-0.3, -0.25) is 0 Å². The predicted octanol–water partition coefficient (Wildman–Crippen LogP) is 5.16. The molecule has 2 aromatic rings. The van der Waals surface area contributed by atoms with Crippen molar-refractivity contribution in [1.29, 1.82) is 0 Å². The van der Waals surface area contributed by atoms with Crippen LogP contribution in [-0.2, 0) is 12.3 Å². The minimum Gasteiger partial charge on any atom is -0.313 e. The Morgan fingerprint density at radius 1 is 1.15 bits per heavy atom. The summed E-state index contributed by atoms with van der Waals surface area (Å²) in [7, 11) is 0. The zero-order valence-electron chi connectivity index (χ0n) is 11.9. The largest absolute Gasteiger partial charge is 0.313 e. The molecule has 3 heteroatoms. The van der Waals surface area contributed by atoms with Crippen LogP contribution in [0.15, 0.2) is 51.8 Å². The third-order valence-electron chi connectivity index (χ3n) is 3.22. The molecule has 2 rings (SSSR count). The first-order valence-corrected chi connectivity index (χ1v) is 8.65. The summed E-state index contributed by atoms with van der Waals surface area (Å²) in [6.45, 7) is 6.23. The third-order valence-corrected chi connectivity index (χ3v) is 5.26. The monoisotopic (exact) mass is 349 g/mol. The number of hydrogen-bond acceptors (Lipinski definition) is 2. The van der Waals surface area contributed by atoms with E-state index in [4.69, 9.17) is 0 Å². The van der Waals surface area contributed by atoms with Gasteiger partial charge in [0.15, 0.2) is 0 Å². The molecule has 2 aromatic carbocycles. The summed E-state index contributed by atoms with van der Waals surface area (Å²) in [6.07, 6.45) is 0. The molecule has 0 heterocycles. The van der Waals surface area contributed by atoms with Crippen molar-refractivity contribution in [3.8, 4) is 0 Å². The van der Waals surface area contributed by atoms with Crippen molar-refractivity contribution >= 4 is 27.7 Å². The van der Waals surface area contributed by atoms with Gasteiger partial charge in [0.2, 0.25) is 0 Å². The summed E-state index contributed by atoms with van der Waals surface area (Å²) in [5.74, 6) is 1.01. The van der Waals surface area contributed by atoms with Crippen LogP contribution < -0.4 is 5.32 Å². The lowest BCUT2D eigenvalue weighted by atomic mass is 10.1. The fourth-order valence-electron chi connectivity index (χ4n) is 1.97. The van der Waals surface area contributed by atoms with E-state index in [2.05, 4.69) is 77.6 Å². The molecule has 0 radical (unpaired) electrons. The Morgan fingerprint density at radius 3 is 2.65 bits per heavy atom. The summed E-state index contributed by atoms with van der Waals surface area (Å²) >= 11 is 5.56. The van der Waals surface area contributed by atoms with Gasteiger partial charge >= 0.3 is 0 Å². The fraction of sp³-hybridized carbons (Fsp3) is 0.294. The molecule has 0 aliphatic rings. The van der Waals surface area contributed by atoms with E-state index in [9.17, 15) is 0 Å². The lowest BCUT2D eigenvalue weighted by Gasteiger charge is -2.09. The summed E-state index contributed by atoms with van der Waals surface area (Å²) in [4.78, 5) is 1.30. The highest BCUT2D eigenvalue weighted by Gasteiger charge is 2.04. The lowest BCUT2D eigenvalue weighted by molar-refractivity contribution is 0.726. The number of nitrogens with one attached hydrogen (secondary N) is 1. The van der Waals surface area contributed by atoms with E-state index in [1.165, 1.54) is 26.1 Å². The smallest absolute Gasteiger partial charge is 0.0314 e. The number of hydrogen-bond donors (Lipinski definition) is 1. The van der Waals surface area contributed by atoms with Gasteiger partial charge < -0.3 is 5.32 Å². The van der Waals surface area contributed by atoms with E-state index in [1.807, 2.05) is 11.8 Å². The Hall–Kier alpha value is -0.770. The average molecular weight is 350 g/mol. The second-order valence-electron chi connectivity index (χ2n) is 4.76. The summed E-state index contributed by atoms with van der Waals surface area (Å²) in [5, 5.41) is 3.35. The van der Waals surface area contributed by atoms with Crippen LogP contribution in [-0.4, -0.2) is 6.54 Å². The molecule has 0 aliphatic heterocycles. The maximum absolute atomic E-state index is 3.68. The first-order valence-electron chi connectivity index (χ1n) is 6.87. The molecule has 0 unspecified atom stereocenters. The van der Waals surface area contributed by atoms with Gasteiger partial charge in [0.25, 0.3) is 0 Å². The zero-order chi connectivity index (χ0) is 14.4. The van der Waals surface area contributed by atoms with E-state index >= 15 is 0 Å². The molecule has 0 aromatic heterocycles. The molecule has 20 heavy (non-hydrogen) atoms. The molecule has 0 atom stereocenters. The van der Waals surface area contributed by atoms with E-state index in [-0.39, 0.29) is 0 Å². The van der Waals surface area contributed by atoms with Crippen LogP contribution in [0.3, 0.4) is 0 Å². The first kappa shape index (κ1) is 15.6. The lowest BCUT2D eigenvalue weighted by Crippen LogP contribution is -2.11. The number of halogens is 1. The van der Waals surface area contributed by atoms with Gasteiger partial charge in [0.1, 0.15) is 0 Å². The van der Waals surface area contributed by atoms with Gasteiger partial charge in [-0.25, -0.2) is 0 Å². The highest BCUT2D eigenvalue weighted by Crippen LogP contribution is 2.31. The van der Waals surface area contributed by atoms with Crippen LogP contribution in [0.25, 0.3) is 0 Å². The van der Waals surface area contributed by atoms with Crippen LogP contribution in [0.1, 0.15) is 23.6 Å². The van der Waals surface area contributed by atoms with Crippen molar-refractivity contribution < 1.29 is 0 Å². The van der Waals surface area contributed by atoms with Crippen molar-refractivity contribution in [2.45, 2.75) is 31.0 Å². The SMILES string of the molecule is CCNCc1ccc(SCc2ccccc2C)c(Br)c1. The zero-order valence-corrected chi connectivity index (χ0v) is 14.4. The maximum Gasteiger partial charge on any atom is 0.0314 e. The quantitative estimate of drug-likeness (QED) is 0.723.